The van der Waals surface area contributed by atoms with Crippen molar-refractivity contribution in [2.45, 2.75) is 18.8 Å². The van der Waals surface area contributed by atoms with E-state index in [2.05, 4.69) is 0 Å². The summed E-state index contributed by atoms with van der Waals surface area (Å²) < 4.78 is 0. The Morgan fingerprint density at radius 1 is 1.42 bits per heavy atom. The number of hydrogen-bond donors (Lipinski definition) is 0. The molecule has 1 aliphatic rings. The monoisotopic (exact) mass is 180 g/mol. The molecule has 0 atom stereocenters. The van der Waals surface area contributed by atoms with Crippen molar-refractivity contribution in [1.29, 1.82) is 0 Å². The predicted octanol–water partition coefficient (Wildman–Crippen LogP) is 3.03. The van der Waals surface area contributed by atoms with E-state index in [-0.39, 0.29) is 0 Å². The summed E-state index contributed by atoms with van der Waals surface area (Å²) in [5, 5.41) is 0.578. The number of benzene rings is 1. The van der Waals surface area contributed by atoms with Crippen LogP contribution in [0.1, 0.15) is 34.7 Å². The first-order valence-corrected chi connectivity index (χ1v) is 4.44. The minimum absolute atomic E-state index is 0.578. The van der Waals surface area contributed by atoms with Crippen LogP contribution in [0.5, 0.6) is 0 Å². The van der Waals surface area contributed by atoms with Gasteiger partial charge in [-0.25, -0.2) is 0 Å². The topological polar surface area (TPSA) is 17.1 Å². The third kappa shape index (κ3) is 1.25. The molecule has 0 aromatic heterocycles. The number of carbonyl (C=O) groups excluding carboxylic acids is 1. The van der Waals surface area contributed by atoms with Gasteiger partial charge in [0.05, 0.1) is 5.02 Å². The SMILES string of the molecule is O=Cc1c(Cl)cccc1C1CC1. The third-order valence-corrected chi connectivity index (χ3v) is 2.55. The summed E-state index contributed by atoms with van der Waals surface area (Å²) in [6, 6.07) is 5.66. The average molecular weight is 181 g/mol. The van der Waals surface area contributed by atoms with Crippen molar-refractivity contribution in [3.05, 3.63) is 34.3 Å². The highest BCUT2D eigenvalue weighted by atomic mass is 35.5. The summed E-state index contributed by atoms with van der Waals surface area (Å²) in [6.07, 6.45) is 3.25. The summed E-state index contributed by atoms with van der Waals surface area (Å²) in [4.78, 5) is 10.7. The molecular weight excluding hydrogens is 172 g/mol. The van der Waals surface area contributed by atoms with E-state index < -0.39 is 0 Å². The quantitative estimate of drug-likeness (QED) is 0.640. The second kappa shape index (κ2) is 2.91. The van der Waals surface area contributed by atoms with E-state index in [9.17, 15) is 4.79 Å². The predicted molar refractivity (Wildman–Crippen MR) is 48.8 cm³/mol. The largest absolute Gasteiger partial charge is 0.298 e. The Hall–Kier alpha value is -0.820. The molecule has 12 heavy (non-hydrogen) atoms. The summed E-state index contributed by atoms with van der Waals surface area (Å²) in [6.45, 7) is 0. The van der Waals surface area contributed by atoms with Crippen molar-refractivity contribution in [2.24, 2.45) is 0 Å². The van der Waals surface area contributed by atoms with Crippen molar-refractivity contribution in [1.82, 2.24) is 0 Å². The molecule has 0 N–H and O–H groups in total. The van der Waals surface area contributed by atoms with Crippen LogP contribution in [0, 0.1) is 0 Å². The number of halogens is 1. The minimum Gasteiger partial charge on any atom is -0.298 e. The van der Waals surface area contributed by atoms with Crippen LogP contribution >= 0.6 is 11.6 Å². The van der Waals surface area contributed by atoms with Crippen LogP contribution in [0.4, 0.5) is 0 Å². The molecule has 0 heterocycles. The summed E-state index contributed by atoms with van der Waals surface area (Å²) >= 11 is 5.87. The highest BCUT2D eigenvalue weighted by Gasteiger charge is 2.26. The molecule has 62 valence electrons. The molecule has 0 saturated heterocycles. The lowest BCUT2D eigenvalue weighted by Crippen LogP contribution is -1.90. The second-order valence-electron chi connectivity index (χ2n) is 3.13. The molecule has 1 aromatic rings. The summed E-state index contributed by atoms with van der Waals surface area (Å²) in [7, 11) is 0. The van der Waals surface area contributed by atoms with E-state index in [1.54, 1.807) is 6.07 Å². The van der Waals surface area contributed by atoms with Crippen LogP contribution in [-0.4, -0.2) is 6.29 Å². The van der Waals surface area contributed by atoms with Gasteiger partial charge < -0.3 is 0 Å². The summed E-state index contributed by atoms with van der Waals surface area (Å²) in [5.41, 5.74) is 1.80. The number of rotatable bonds is 2. The maximum Gasteiger partial charge on any atom is 0.151 e. The van der Waals surface area contributed by atoms with Gasteiger partial charge >= 0.3 is 0 Å². The van der Waals surface area contributed by atoms with Gasteiger partial charge in [-0.2, -0.15) is 0 Å². The molecule has 1 nitrogen and oxygen atoms in total. The van der Waals surface area contributed by atoms with Gasteiger partial charge in [-0.1, -0.05) is 23.7 Å². The molecule has 0 spiro atoms. The normalized spacial score (nSPS) is 16.1. The Kier molecular flexibility index (Phi) is 1.89. The standard InChI is InChI=1S/C10H9ClO/c11-10-3-1-2-8(7-4-5-7)9(10)6-12/h1-3,6-7H,4-5H2. The maximum atomic E-state index is 10.7. The van der Waals surface area contributed by atoms with Gasteiger partial charge in [-0.05, 0) is 30.4 Å². The average Bonchev–Trinajstić information content (AvgIpc) is 2.86. The van der Waals surface area contributed by atoms with Crippen molar-refractivity contribution >= 4 is 17.9 Å². The Balaban J connectivity index is 2.50. The van der Waals surface area contributed by atoms with Gasteiger partial charge in [-0.15, -0.1) is 0 Å². The fourth-order valence-electron chi connectivity index (χ4n) is 1.43. The van der Waals surface area contributed by atoms with Crippen LogP contribution in [0.25, 0.3) is 0 Å². The molecule has 1 fully saturated rings. The van der Waals surface area contributed by atoms with E-state index in [1.807, 2.05) is 12.1 Å². The molecular formula is C10H9ClO. The Bertz CT molecular complexity index is 316. The Morgan fingerprint density at radius 2 is 2.17 bits per heavy atom. The highest BCUT2D eigenvalue weighted by Crippen LogP contribution is 2.42. The van der Waals surface area contributed by atoms with E-state index in [0.29, 0.717) is 16.5 Å². The van der Waals surface area contributed by atoms with Gasteiger partial charge in [0, 0.05) is 5.56 Å². The fraction of sp³-hybridized carbons (Fsp3) is 0.300. The molecule has 1 saturated carbocycles. The first-order valence-electron chi connectivity index (χ1n) is 4.06. The van der Waals surface area contributed by atoms with Gasteiger partial charge in [0.2, 0.25) is 0 Å². The Labute approximate surface area is 76.4 Å². The molecule has 0 bridgehead atoms. The molecule has 0 radical (unpaired) electrons. The number of hydrogen-bond acceptors (Lipinski definition) is 1. The lowest BCUT2D eigenvalue weighted by molar-refractivity contribution is 0.112. The van der Waals surface area contributed by atoms with Crippen LogP contribution in [0.2, 0.25) is 5.02 Å². The van der Waals surface area contributed by atoms with Crippen LogP contribution < -0.4 is 0 Å². The molecule has 0 unspecified atom stereocenters. The zero-order valence-electron chi connectivity index (χ0n) is 6.59. The zero-order chi connectivity index (χ0) is 8.55. The lowest BCUT2D eigenvalue weighted by atomic mass is 10.0. The first-order chi connectivity index (χ1) is 5.83. The van der Waals surface area contributed by atoms with E-state index in [4.69, 9.17) is 11.6 Å². The number of aldehydes is 1. The second-order valence-corrected chi connectivity index (χ2v) is 3.54. The molecule has 2 rings (SSSR count). The van der Waals surface area contributed by atoms with Crippen LogP contribution in [0.15, 0.2) is 18.2 Å². The van der Waals surface area contributed by atoms with Crippen LogP contribution in [-0.2, 0) is 0 Å². The van der Waals surface area contributed by atoms with Gasteiger partial charge in [0.25, 0.3) is 0 Å². The van der Waals surface area contributed by atoms with E-state index in [1.165, 1.54) is 12.8 Å². The Morgan fingerprint density at radius 3 is 2.75 bits per heavy atom. The summed E-state index contributed by atoms with van der Waals surface area (Å²) in [5.74, 6) is 0.587. The van der Waals surface area contributed by atoms with Crippen molar-refractivity contribution in [2.75, 3.05) is 0 Å². The molecule has 1 aromatic carbocycles. The minimum atomic E-state index is 0.578. The highest BCUT2D eigenvalue weighted by molar-refractivity contribution is 6.33. The first kappa shape index (κ1) is 7.81. The molecule has 2 heteroatoms. The molecule has 0 aliphatic heterocycles. The van der Waals surface area contributed by atoms with Crippen molar-refractivity contribution in [3.63, 3.8) is 0 Å². The maximum absolute atomic E-state index is 10.7. The molecule has 0 amide bonds. The van der Waals surface area contributed by atoms with Gasteiger partial charge in [0.15, 0.2) is 6.29 Å². The lowest BCUT2D eigenvalue weighted by Gasteiger charge is -2.03. The van der Waals surface area contributed by atoms with Crippen LogP contribution in [0.3, 0.4) is 0 Å². The van der Waals surface area contributed by atoms with Crippen molar-refractivity contribution in [3.8, 4) is 0 Å². The van der Waals surface area contributed by atoms with Crippen molar-refractivity contribution < 1.29 is 4.79 Å². The zero-order valence-corrected chi connectivity index (χ0v) is 7.34. The molecule has 1 aliphatic carbocycles. The van der Waals surface area contributed by atoms with Gasteiger partial charge in [0.1, 0.15) is 0 Å². The van der Waals surface area contributed by atoms with E-state index >= 15 is 0 Å². The smallest absolute Gasteiger partial charge is 0.151 e. The number of carbonyl (C=O) groups is 1. The van der Waals surface area contributed by atoms with Gasteiger partial charge in [-0.3, -0.25) is 4.79 Å². The third-order valence-electron chi connectivity index (χ3n) is 2.22. The van der Waals surface area contributed by atoms with E-state index in [0.717, 1.165) is 11.8 Å². The fourth-order valence-corrected chi connectivity index (χ4v) is 1.65.